The van der Waals surface area contributed by atoms with Crippen LogP contribution >= 0.6 is 36.4 Å². The molecule has 0 heterocycles. The summed E-state index contributed by atoms with van der Waals surface area (Å²) in [5.41, 5.74) is 2.42. The van der Waals surface area contributed by atoms with Crippen molar-refractivity contribution in [1.29, 1.82) is 0 Å². The highest BCUT2D eigenvalue weighted by Crippen LogP contribution is 2.50. The van der Waals surface area contributed by atoms with Gasteiger partial charge in [-0.05, 0) is 53.9 Å². The second-order valence-corrected chi connectivity index (χ2v) is 19.9. The second-order valence-electron chi connectivity index (χ2n) is 11.2. The largest absolute Gasteiger partial charge is 0.505 e. The summed E-state index contributed by atoms with van der Waals surface area (Å²) in [7, 11) is -18.9. The molecule has 0 atom stereocenters. The molecule has 29 nitrogen and oxygen atoms in total. The predicted molar refractivity (Wildman–Crippen MR) is 209 cm³/mol. The number of anilines is 1. The molecule has 0 aliphatic carbocycles. The van der Waals surface area contributed by atoms with Crippen LogP contribution in [-0.2, 0) is 76.7 Å². The maximum absolute atomic E-state index is 12.9. The number of benzene rings is 4. The summed E-state index contributed by atoms with van der Waals surface area (Å²) < 4.78 is 139. The molecule has 0 amide bonds. The number of phenols is 1. The summed E-state index contributed by atoms with van der Waals surface area (Å²) in [6.45, 7) is -1.52. The number of hydrogen-bond acceptors (Lipinski definition) is 29. The molecule has 0 bridgehead atoms. The molecule has 0 fully saturated rings. The minimum Gasteiger partial charge on any atom is -0.505 e. The van der Waals surface area contributed by atoms with Gasteiger partial charge in [0, 0.05) is 0 Å². The Labute approximate surface area is 365 Å². The summed E-state index contributed by atoms with van der Waals surface area (Å²) in [5.74, 6) is -4.28. The van der Waals surface area contributed by atoms with Gasteiger partial charge in [-0.15, -0.1) is 33.5 Å². The van der Waals surface area contributed by atoms with Gasteiger partial charge in [-0.1, -0.05) is 15.1 Å². The van der Waals surface area contributed by atoms with Gasteiger partial charge in [0.1, 0.15) is 27.6 Å². The molecule has 0 radical (unpaired) electrons. The van der Waals surface area contributed by atoms with Crippen LogP contribution in [-0.4, -0.2) is 99.5 Å². The average molecular weight is 1030 g/mol. The number of nitrogens with two attached hydrogens (primary N) is 1. The van der Waals surface area contributed by atoms with E-state index >= 15 is 0 Å². The Balaban J connectivity index is 1.88. The van der Waals surface area contributed by atoms with E-state index < -0.39 is 125 Å². The number of hydrogen-bond donors (Lipinski definition) is 8. The number of nitrogen functional groups attached to an aromatic ring is 1. The highest BCUT2D eigenvalue weighted by Gasteiger charge is 2.27. The third-order valence-electron chi connectivity index (χ3n) is 7.39. The monoisotopic (exact) mass is 1030 g/mol. The third kappa shape index (κ3) is 13.9. The minimum absolute atomic E-state index is 0.0970. The van der Waals surface area contributed by atoms with E-state index in [-0.39, 0.29) is 57.3 Å². The molecule has 0 aliphatic rings. The van der Waals surface area contributed by atoms with Crippen LogP contribution in [0.15, 0.2) is 93.5 Å². The lowest BCUT2D eigenvalue weighted by atomic mass is 10.1. The summed E-state index contributed by atoms with van der Waals surface area (Å²) in [5, 5.41) is 71.9. The lowest BCUT2D eigenvalue weighted by Crippen LogP contribution is -2.15. The number of carboxylic acid groups (broad SMARTS) is 1. The normalized spacial score (nSPS) is 12.8. The van der Waals surface area contributed by atoms with Gasteiger partial charge >= 0.3 is 16.4 Å². The van der Waals surface area contributed by atoms with E-state index in [1.54, 1.807) is 0 Å². The van der Waals surface area contributed by atoms with E-state index in [0.717, 1.165) is 48.5 Å². The minimum atomic E-state index is -5.29. The van der Waals surface area contributed by atoms with Crippen molar-refractivity contribution >= 4 is 122 Å². The molecule has 0 spiro atoms. The number of aromatic carboxylic acids is 1. The molecule has 344 valence electrons. The van der Waals surface area contributed by atoms with Gasteiger partial charge < -0.3 is 15.9 Å². The molecule has 4 aromatic rings. The molecule has 36 heteroatoms. The molecule has 0 aliphatic heterocycles. The van der Waals surface area contributed by atoms with Crippen LogP contribution in [0.4, 0.5) is 28.4 Å². The van der Waals surface area contributed by atoms with Crippen molar-refractivity contribution in [2.24, 2.45) is 20.5 Å². The zero-order chi connectivity index (χ0) is 46.8. The fourth-order valence-electron chi connectivity index (χ4n) is 4.78. The Kier molecular flexibility index (Phi) is 18.0. The number of aromatic hydroxyl groups is 1. The molecular weight excluding hydrogens is 1000 g/mol. The van der Waals surface area contributed by atoms with Crippen LogP contribution < -0.4 is 5.73 Å². The number of sulfone groups is 2. The molecule has 0 aromatic heterocycles. The first-order chi connectivity index (χ1) is 29.5. The van der Waals surface area contributed by atoms with Crippen LogP contribution in [0, 0.1) is 0 Å². The van der Waals surface area contributed by atoms with Gasteiger partial charge in [-0.2, -0.15) is 16.8 Å². The summed E-state index contributed by atoms with van der Waals surface area (Å²) in [6.07, 6.45) is 0. The van der Waals surface area contributed by atoms with E-state index in [2.05, 4.69) is 52.8 Å². The van der Waals surface area contributed by atoms with Crippen LogP contribution in [0.5, 0.6) is 5.75 Å². The van der Waals surface area contributed by atoms with Crippen molar-refractivity contribution < 1.29 is 110 Å². The van der Waals surface area contributed by atoms with Crippen molar-refractivity contribution in [3.05, 3.63) is 54.1 Å². The number of phenolic OH excluding ortho intramolecular Hbond substituents is 1. The quantitative estimate of drug-likeness (QED) is 0.00857. The highest BCUT2D eigenvalue weighted by atomic mass is 32.3. The number of nitrogens with zero attached hydrogens (tertiary/aromatic N) is 4. The molecular formula is C27H25N5O24S7. The van der Waals surface area contributed by atoms with Gasteiger partial charge in [-0.3, -0.25) is 13.3 Å². The lowest BCUT2D eigenvalue weighted by Gasteiger charge is -2.14. The molecule has 0 unspecified atom stereocenters. The fourth-order valence-corrected chi connectivity index (χ4v) is 9.43. The van der Waals surface area contributed by atoms with Crippen LogP contribution in [0.25, 0.3) is 10.8 Å². The summed E-state index contributed by atoms with van der Waals surface area (Å²) >= 11 is 0.344. The molecule has 9 N–H and O–H groups in total. The lowest BCUT2D eigenvalue weighted by molar-refractivity contribution is -0.434. The highest BCUT2D eigenvalue weighted by molar-refractivity contribution is 7.95. The van der Waals surface area contributed by atoms with Gasteiger partial charge in [0.05, 0.1) is 85.0 Å². The first kappa shape index (κ1) is 51.4. The topological polar surface area (TPSA) is 445 Å². The van der Waals surface area contributed by atoms with Crippen LogP contribution in [0.2, 0.25) is 0 Å². The van der Waals surface area contributed by atoms with Crippen LogP contribution in [0.3, 0.4) is 0 Å². The van der Waals surface area contributed by atoms with E-state index in [1.165, 1.54) is 0 Å². The van der Waals surface area contributed by atoms with E-state index in [4.69, 9.17) is 30.2 Å². The predicted octanol–water partition coefficient (Wildman–Crippen LogP) is 5.13. The van der Waals surface area contributed by atoms with Crippen molar-refractivity contribution in [2.75, 3.05) is 30.5 Å². The first-order valence-electron chi connectivity index (χ1n) is 15.6. The SMILES string of the molecule is Nc1c(N=Nc2ccc(S(=O)(=O)CCOS(=O)(=O)O)cc2SOOO)c(S(=O)(=O)O)cc2cc(SOOO)c(N=Nc3cc(S(=O)(=O)CCOSOOO)ccc3C(=O)O)c(O)c12. The Morgan fingerprint density at radius 2 is 1.25 bits per heavy atom. The molecule has 0 saturated carbocycles. The molecule has 63 heavy (non-hydrogen) atoms. The number of carboxylic acids is 1. The van der Waals surface area contributed by atoms with E-state index in [0.29, 0.717) is 0 Å². The Bertz CT molecular complexity index is 2860. The standard InChI is InChI=1S/C27H25N5O24S7/c28-23-22-13(10-21(62(43,44)45)25(23)32-29-17-4-2-15(12-19(17)57-54-51-36)61(41,42)8-6-50-63(46,47)48)9-20(58-55-52-37)24(26(22)33)31-30-18-11-14(1-3-16(18)27(34)35)60(39,40)7-5-49-59-56-53-38/h1-4,9-12,33,36-38H,5-8,28H2,(H,34,35)(H,43,44,45)(H,46,47,48). The molecule has 4 rings (SSSR count). The van der Waals surface area contributed by atoms with Gasteiger partial charge in [0.25, 0.3) is 10.1 Å². The van der Waals surface area contributed by atoms with Crippen molar-refractivity contribution in [3.8, 4) is 5.75 Å². The molecule has 0 saturated heterocycles. The van der Waals surface area contributed by atoms with Gasteiger partial charge in [0.15, 0.2) is 37.7 Å². The number of fused-ring (bicyclic) bond motifs is 1. The maximum Gasteiger partial charge on any atom is 0.397 e. The maximum atomic E-state index is 12.9. The number of rotatable bonds is 24. The van der Waals surface area contributed by atoms with Gasteiger partial charge in [-0.25, -0.2) is 41.6 Å². The first-order valence-corrected chi connectivity index (χ1v) is 23.9. The summed E-state index contributed by atoms with van der Waals surface area (Å²) in [6, 6.07) is 7.06. The Morgan fingerprint density at radius 1 is 0.683 bits per heavy atom. The molecule has 4 aromatic carbocycles. The fraction of sp³-hybridized carbons (Fsp3) is 0.148. The Morgan fingerprint density at radius 3 is 1.86 bits per heavy atom. The second kappa shape index (κ2) is 22.1. The number of carbonyl (C=O) groups is 1. The Hall–Kier alpha value is -4.26. The number of azo groups is 2. The van der Waals surface area contributed by atoms with Crippen molar-refractivity contribution in [3.63, 3.8) is 0 Å². The smallest absolute Gasteiger partial charge is 0.397 e. The van der Waals surface area contributed by atoms with Crippen molar-refractivity contribution in [1.82, 2.24) is 0 Å². The van der Waals surface area contributed by atoms with Crippen LogP contribution in [0.1, 0.15) is 10.4 Å². The summed E-state index contributed by atoms with van der Waals surface area (Å²) in [4.78, 5) is 9.28. The third-order valence-corrected chi connectivity index (χ3v) is 13.7. The van der Waals surface area contributed by atoms with Gasteiger partial charge in [0.2, 0.25) is 0 Å². The van der Waals surface area contributed by atoms with E-state index in [1.807, 2.05) is 0 Å². The zero-order valence-electron chi connectivity index (χ0n) is 30.2. The zero-order valence-corrected chi connectivity index (χ0v) is 36.0. The average Bonchev–Trinajstić information content (AvgIpc) is 3.20. The van der Waals surface area contributed by atoms with Crippen molar-refractivity contribution in [2.45, 2.75) is 24.5 Å². The van der Waals surface area contributed by atoms with E-state index in [9.17, 15) is 53.2 Å².